The van der Waals surface area contributed by atoms with E-state index in [0.717, 1.165) is 0 Å². The molecule has 3 N–H and O–H groups in total. The van der Waals surface area contributed by atoms with E-state index in [4.69, 9.17) is 11.6 Å². The molecule has 0 aliphatic carbocycles. The number of hydrogen-bond donors (Lipinski definition) is 3. The van der Waals surface area contributed by atoms with Crippen LogP contribution in [0.3, 0.4) is 0 Å². The van der Waals surface area contributed by atoms with Crippen LogP contribution < -0.4 is 11.0 Å². The van der Waals surface area contributed by atoms with Gasteiger partial charge in [-0.2, -0.15) is 9.37 Å². The maximum atomic E-state index is 13.2. The Hall–Kier alpha value is -2.45. The van der Waals surface area contributed by atoms with Crippen molar-refractivity contribution in [2.75, 3.05) is 5.32 Å². The zero-order chi connectivity index (χ0) is 18.2. The van der Waals surface area contributed by atoms with Gasteiger partial charge in [0.05, 0.1) is 22.8 Å². The van der Waals surface area contributed by atoms with Gasteiger partial charge in [-0.3, -0.25) is 4.57 Å². The Labute approximate surface area is 147 Å². The Kier molecular flexibility index (Phi) is 4.49. The quantitative estimate of drug-likeness (QED) is 0.604. The number of aliphatic hydroxyl groups is 1. The number of aromatic amines is 1. The maximum Gasteiger partial charge on any atom is 0.326 e. The molecule has 0 amide bonds. The molecule has 3 aromatic rings. The van der Waals surface area contributed by atoms with Crippen molar-refractivity contribution >= 4 is 34.1 Å². The lowest BCUT2D eigenvalue weighted by molar-refractivity contribution is 0.0663. The molecule has 0 aliphatic heterocycles. The Balaban J connectivity index is 1.96. The van der Waals surface area contributed by atoms with Crippen LogP contribution in [0.2, 0.25) is 5.02 Å². The van der Waals surface area contributed by atoms with Crippen LogP contribution in [0.4, 0.5) is 15.9 Å². The average Bonchev–Trinajstić information content (AvgIpc) is 2.83. The van der Waals surface area contributed by atoms with Crippen LogP contribution in [0.25, 0.3) is 11.0 Å². The number of benzene rings is 1. The number of aryl methyl sites for hydroxylation is 1. The molecule has 0 saturated heterocycles. The van der Waals surface area contributed by atoms with E-state index in [1.807, 2.05) is 0 Å². The summed E-state index contributed by atoms with van der Waals surface area (Å²) in [5.74, 6) is 0.134. The van der Waals surface area contributed by atoms with Gasteiger partial charge >= 0.3 is 11.8 Å². The van der Waals surface area contributed by atoms with Crippen LogP contribution in [-0.2, 0) is 6.54 Å². The fourth-order valence-electron chi connectivity index (χ4n) is 2.41. The summed E-state index contributed by atoms with van der Waals surface area (Å²) in [5.41, 5.74) is 0.757. The summed E-state index contributed by atoms with van der Waals surface area (Å²) in [6.45, 7) is 3.73. The molecular formula is C16H17ClFN5O2. The number of aromatic nitrogens is 4. The summed E-state index contributed by atoms with van der Waals surface area (Å²) in [6.07, 6.45) is 0.692. The van der Waals surface area contributed by atoms with E-state index >= 15 is 0 Å². The fraction of sp³-hybridized carbons (Fsp3) is 0.312. The number of H-pyrrole nitrogens is 1. The van der Waals surface area contributed by atoms with E-state index in [-0.39, 0.29) is 16.5 Å². The molecule has 2 heterocycles. The van der Waals surface area contributed by atoms with E-state index in [9.17, 15) is 14.3 Å². The van der Waals surface area contributed by atoms with Crippen LogP contribution in [0.1, 0.15) is 20.3 Å². The average molecular weight is 366 g/mol. The fourth-order valence-corrected chi connectivity index (χ4v) is 2.55. The van der Waals surface area contributed by atoms with Crippen molar-refractivity contribution in [3.05, 3.63) is 46.0 Å². The van der Waals surface area contributed by atoms with Gasteiger partial charge in [0.25, 0.3) is 0 Å². The van der Waals surface area contributed by atoms with Gasteiger partial charge in [-0.05, 0) is 38.5 Å². The Bertz CT molecular complexity index is 977. The van der Waals surface area contributed by atoms with E-state index in [1.165, 1.54) is 6.20 Å². The van der Waals surface area contributed by atoms with Crippen LogP contribution in [0.15, 0.2) is 29.2 Å². The first-order valence-electron chi connectivity index (χ1n) is 7.63. The highest BCUT2D eigenvalue weighted by molar-refractivity contribution is 6.32. The van der Waals surface area contributed by atoms with Gasteiger partial charge < -0.3 is 15.4 Å². The molecule has 0 radical (unpaired) electrons. The summed E-state index contributed by atoms with van der Waals surface area (Å²) in [5, 5.41) is 13.0. The molecule has 25 heavy (non-hydrogen) atoms. The maximum absolute atomic E-state index is 13.2. The van der Waals surface area contributed by atoms with Crippen LogP contribution >= 0.6 is 11.6 Å². The van der Waals surface area contributed by atoms with Crippen molar-refractivity contribution in [2.24, 2.45) is 0 Å². The minimum Gasteiger partial charge on any atom is -0.390 e. The van der Waals surface area contributed by atoms with Crippen LogP contribution in [0.5, 0.6) is 0 Å². The summed E-state index contributed by atoms with van der Waals surface area (Å²) < 4.78 is 14.7. The Morgan fingerprint density at radius 3 is 2.92 bits per heavy atom. The lowest BCUT2D eigenvalue weighted by Crippen LogP contribution is -2.25. The lowest BCUT2D eigenvalue weighted by Gasteiger charge is -2.17. The monoisotopic (exact) mass is 365 g/mol. The van der Waals surface area contributed by atoms with Crippen molar-refractivity contribution in [1.82, 2.24) is 19.5 Å². The van der Waals surface area contributed by atoms with E-state index in [2.05, 4.69) is 20.3 Å². The number of nitrogens with one attached hydrogen (secondary N) is 2. The summed E-state index contributed by atoms with van der Waals surface area (Å²) >= 11 is 5.96. The number of rotatable bonds is 5. The van der Waals surface area contributed by atoms with Crippen molar-refractivity contribution in [3.63, 3.8) is 0 Å². The second-order valence-electron chi connectivity index (χ2n) is 6.34. The third-order valence-electron chi connectivity index (χ3n) is 3.70. The highest BCUT2D eigenvalue weighted by Gasteiger charge is 2.15. The molecule has 0 aliphatic rings. The van der Waals surface area contributed by atoms with Gasteiger partial charge in [-0.15, -0.1) is 0 Å². The molecule has 2 aromatic heterocycles. The Morgan fingerprint density at radius 1 is 1.44 bits per heavy atom. The first-order valence-corrected chi connectivity index (χ1v) is 8.01. The second kappa shape index (κ2) is 6.45. The molecule has 1 aromatic carbocycles. The highest BCUT2D eigenvalue weighted by atomic mass is 35.5. The van der Waals surface area contributed by atoms with Crippen molar-refractivity contribution < 1.29 is 9.50 Å². The van der Waals surface area contributed by atoms with Gasteiger partial charge in [0.1, 0.15) is 5.02 Å². The molecule has 0 fully saturated rings. The molecule has 0 saturated carbocycles. The van der Waals surface area contributed by atoms with Crippen molar-refractivity contribution in [3.8, 4) is 0 Å². The minimum atomic E-state index is -0.892. The SMILES string of the molecule is CC(C)(O)CCn1c(=O)[nH]c2ccc(Nc3nc(F)ncc3Cl)cc21. The lowest BCUT2D eigenvalue weighted by atomic mass is 10.1. The molecule has 0 atom stereocenters. The first kappa shape index (κ1) is 17.4. The minimum absolute atomic E-state index is 0.134. The van der Waals surface area contributed by atoms with Crippen LogP contribution in [0, 0.1) is 6.08 Å². The summed E-state index contributed by atoms with van der Waals surface area (Å²) in [6, 6.07) is 5.17. The summed E-state index contributed by atoms with van der Waals surface area (Å²) in [4.78, 5) is 21.9. The number of imidazole rings is 1. The molecule has 0 bridgehead atoms. The molecule has 7 nitrogen and oxygen atoms in total. The van der Waals surface area contributed by atoms with Gasteiger partial charge in [0, 0.05) is 12.2 Å². The number of anilines is 2. The van der Waals surface area contributed by atoms with E-state index < -0.39 is 11.7 Å². The van der Waals surface area contributed by atoms with Gasteiger partial charge in [0.2, 0.25) is 0 Å². The predicted molar refractivity (Wildman–Crippen MR) is 93.8 cm³/mol. The zero-order valence-corrected chi connectivity index (χ0v) is 14.4. The van der Waals surface area contributed by atoms with Crippen molar-refractivity contribution in [1.29, 1.82) is 0 Å². The smallest absolute Gasteiger partial charge is 0.326 e. The normalized spacial score (nSPS) is 11.9. The standard InChI is InChI=1S/C16H17ClFN5O2/c1-16(2,25)5-6-23-12-7-9(3-4-11(12)21-15(23)24)20-13-10(17)8-19-14(18)22-13/h3-4,7-8,25H,5-6H2,1-2H3,(H,21,24)(H,19,20,22). The van der Waals surface area contributed by atoms with Gasteiger partial charge in [-0.1, -0.05) is 11.6 Å². The molecule has 9 heteroatoms. The first-order chi connectivity index (χ1) is 11.7. The van der Waals surface area contributed by atoms with Gasteiger partial charge in [0.15, 0.2) is 5.82 Å². The topological polar surface area (TPSA) is 95.8 Å². The van der Waals surface area contributed by atoms with Crippen molar-refractivity contribution in [2.45, 2.75) is 32.4 Å². The predicted octanol–water partition coefficient (Wildman–Crippen LogP) is 2.82. The third-order valence-corrected chi connectivity index (χ3v) is 3.98. The molecular weight excluding hydrogens is 349 g/mol. The van der Waals surface area contributed by atoms with E-state index in [0.29, 0.717) is 29.7 Å². The second-order valence-corrected chi connectivity index (χ2v) is 6.74. The van der Waals surface area contributed by atoms with E-state index in [1.54, 1.807) is 36.6 Å². The largest absolute Gasteiger partial charge is 0.390 e. The molecule has 0 unspecified atom stereocenters. The summed E-state index contributed by atoms with van der Waals surface area (Å²) in [7, 11) is 0. The van der Waals surface area contributed by atoms with Gasteiger partial charge in [-0.25, -0.2) is 9.78 Å². The molecule has 3 rings (SSSR count). The number of nitrogens with zero attached hydrogens (tertiary/aromatic N) is 3. The number of hydrogen-bond acceptors (Lipinski definition) is 5. The zero-order valence-electron chi connectivity index (χ0n) is 13.7. The number of fused-ring (bicyclic) bond motifs is 1. The molecule has 0 spiro atoms. The third kappa shape index (κ3) is 3.97. The Morgan fingerprint density at radius 2 is 2.20 bits per heavy atom. The van der Waals surface area contributed by atoms with Crippen LogP contribution in [-0.4, -0.2) is 30.2 Å². The highest BCUT2D eigenvalue weighted by Crippen LogP contribution is 2.25. The number of halogens is 2. The molecule has 132 valence electrons.